The van der Waals surface area contributed by atoms with E-state index in [1.165, 1.54) is 24.3 Å². The molecule has 0 bridgehead atoms. The standard InChI is InChI=1S/C13H12N4O6S/c14-24(22,23)11-4-1-9(2-5-11)15-12(18)8-16-7-10(17(20)21)3-6-13(16)19/h1-7H,8H2,(H,15,18)(H2,14,22,23). The number of carbonyl (C=O) groups excluding carboxylic acids is 1. The monoisotopic (exact) mass is 352 g/mol. The highest BCUT2D eigenvalue weighted by Crippen LogP contribution is 2.13. The SMILES string of the molecule is NS(=O)(=O)c1ccc(NC(=O)Cn2cc([N+](=O)[O-])ccc2=O)cc1. The second kappa shape index (κ2) is 6.60. The molecule has 0 aliphatic rings. The fourth-order valence-corrected chi connectivity index (χ4v) is 2.35. The number of carbonyl (C=O) groups is 1. The third-order valence-corrected chi connectivity index (χ3v) is 3.89. The normalized spacial score (nSPS) is 11.0. The number of amides is 1. The number of pyridine rings is 1. The number of benzene rings is 1. The number of sulfonamides is 1. The molecule has 2 aromatic rings. The second-order valence-corrected chi connectivity index (χ2v) is 6.29. The van der Waals surface area contributed by atoms with Crippen molar-refractivity contribution in [3.05, 3.63) is 63.1 Å². The maximum atomic E-state index is 11.9. The first-order valence-electron chi connectivity index (χ1n) is 6.44. The minimum atomic E-state index is -3.84. The van der Waals surface area contributed by atoms with E-state index in [-0.39, 0.29) is 16.3 Å². The van der Waals surface area contributed by atoms with Gasteiger partial charge in [-0.25, -0.2) is 13.6 Å². The predicted molar refractivity (Wildman–Crippen MR) is 83.8 cm³/mol. The Hall–Kier alpha value is -3.05. The number of hydrogen-bond acceptors (Lipinski definition) is 6. The van der Waals surface area contributed by atoms with Crippen LogP contribution in [0.2, 0.25) is 0 Å². The zero-order chi connectivity index (χ0) is 17.9. The summed E-state index contributed by atoms with van der Waals surface area (Å²) < 4.78 is 23.2. The molecule has 10 nitrogen and oxygen atoms in total. The first-order valence-corrected chi connectivity index (χ1v) is 7.99. The number of primary sulfonamides is 1. The first-order chi connectivity index (χ1) is 11.2. The Bertz CT molecular complexity index is 949. The van der Waals surface area contributed by atoms with Gasteiger partial charge in [-0.05, 0) is 24.3 Å². The van der Waals surface area contributed by atoms with Crippen LogP contribution in [-0.4, -0.2) is 23.8 Å². The van der Waals surface area contributed by atoms with Gasteiger partial charge in [-0.1, -0.05) is 0 Å². The van der Waals surface area contributed by atoms with Crippen molar-refractivity contribution in [3.8, 4) is 0 Å². The van der Waals surface area contributed by atoms with E-state index in [0.717, 1.165) is 22.9 Å². The summed E-state index contributed by atoms with van der Waals surface area (Å²) >= 11 is 0. The van der Waals surface area contributed by atoms with Crippen molar-refractivity contribution in [2.24, 2.45) is 5.14 Å². The molecule has 2 rings (SSSR count). The fraction of sp³-hybridized carbons (Fsp3) is 0.0769. The molecular weight excluding hydrogens is 340 g/mol. The summed E-state index contributed by atoms with van der Waals surface area (Å²) in [5.74, 6) is -0.610. The fourth-order valence-electron chi connectivity index (χ4n) is 1.83. The molecule has 0 atom stereocenters. The zero-order valence-corrected chi connectivity index (χ0v) is 12.9. The van der Waals surface area contributed by atoms with Crippen LogP contribution in [0, 0.1) is 10.1 Å². The van der Waals surface area contributed by atoms with Gasteiger partial charge in [-0.15, -0.1) is 0 Å². The van der Waals surface area contributed by atoms with Crippen LogP contribution >= 0.6 is 0 Å². The minimum Gasteiger partial charge on any atom is -0.325 e. The summed E-state index contributed by atoms with van der Waals surface area (Å²) in [6.07, 6.45) is 0.964. The van der Waals surface area contributed by atoms with Crippen molar-refractivity contribution in [1.29, 1.82) is 0 Å². The number of nitrogens with one attached hydrogen (secondary N) is 1. The van der Waals surface area contributed by atoms with Gasteiger partial charge in [0.05, 0.1) is 16.0 Å². The van der Waals surface area contributed by atoms with Crippen molar-refractivity contribution in [1.82, 2.24) is 4.57 Å². The minimum absolute atomic E-state index is 0.115. The molecule has 0 aliphatic carbocycles. The molecule has 0 saturated carbocycles. The maximum absolute atomic E-state index is 11.9. The molecule has 3 N–H and O–H groups in total. The Kier molecular flexibility index (Phi) is 4.76. The van der Waals surface area contributed by atoms with Gasteiger partial charge in [0.25, 0.3) is 11.2 Å². The largest absolute Gasteiger partial charge is 0.325 e. The van der Waals surface area contributed by atoms with E-state index in [1.54, 1.807) is 0 Å². The van der Waals surface area contributed by atoms with Gasteiger partial charge in [0.1, 0.15) is 6.54 Å². The van der Waals surface area contributed by atoms with E-state index in [4.69, 9.17) is 5.14 Å². The molecule has 0 aliphatic heterocycles. The van der Waals surface area contributed by atoms with Gasteiger partial charge in [-0.2, -0.15) is 0 Å². The third kappa shape index (κ3) is 4.24. The molecule has 1 aromatic heterocycles. The molecule has 0 spiro atoms. The van der Waals surface area contributed by atoms with E-state index in [1.807, 2.05) is 0 Å². The highest BCUT2D eigenvalue weighted by Gasteiger charge is 2.12. The number of nitrogens with zero attached hydrogens (tertiary/aromatic N) is 2. The van der Waals surface area contributed by atoms with Crippen LogP contribution in [0.25, 0.3) is 0 Å². The van der Waals surface area contributed by atoms with Gasteiger partial charge >= 0.3 is 0 Å². The van der Waals surface area contributed by atoms with Crippen LogP contribution in [-0.2, 0) is 21.4 Å². The Morgan fingerprint density at radius 3 is 2.38 bits per heavy atom. The average molecular weight is 352 g/mol. The smallest absolute Gasteiger partial charge is 0.285 e. The van der Waals surface area contributed by atoms with Crippen molar-refractivity contribution < 1.29 is 18.1 Å². The number of hydrogen-bond donors (Lipinski definition) is 2. The highest BCUT2D eigenvalue weighted by atomic mass is 32.2. The maximum Gasteiger partial charge on any atom is 0.285 e. The van der Waals surface area contributed by atoms with Crippen LogP contribution in [0.5, 0.6) is 0 Å². The quantitative estimate of drug-likeness (QED) is 0.572. The second-order valence-electron chi connectivity index (χ2n) is 4.73. The lowest BCUT2D eigenvalue weighted by Crippen LogP contribution is -2.27. The number of anilines is 1. The summed E-state index contributed by atoms with van der Waals surface area (Å²) in [6, 6.07) is 7.12. The van der Waals surface area contributed by atoms with Gasteiger partial charge < -0.3 is 5.32 Å². The molecule has 0 fully saturated rings. The van der Waals surface area contributed by atoms with Crippen molar-refractivity contribution >= 4 is 27.3 Å². The van der Waals surface area contributed by atoms with Crippen LogP contribution in [0.15, 0.2) is 52.3 Å². The van der Waals surface area contributed by atoms with Crippen LogP contribution < -0.4 is 16.0 Å². The topological polar surface area (TPSA) is 154 Å². The van der Waals surface area contributed by atoms with E-state index in [2.05, 4.69) is 5.32 Å². The number of nitro groups is 1. The summed E-state index contributed by atoms with van der Waals surface area (Å²) in [6.45, 7) is -0.433. The van der Waals surface area contributed by atoms with Crippen LogP contribution in [0.4, 0.5) is 11.4 Å². The summed E-state index contributed by atoms with van der Waals surface area (Å²) in [5.41, 5.74) is -0.605. The van der Waals surface area contributed by atoms with E-state index in [0.29, 0.717) is 0 Å². The van der Waals surface area contributed by atoms with E-state index in [9.17, 15) is 28.1 Å². The highest BCUT2D eigenvalue weighted by molar-refractivity contribution is 7.89. The van der Waals surface area contributed by atoms with Crippen LogP contribution in [0.3, 0.4) is 0 Å². The number of nitrogens with two attached hydrogens (primary N) is 1. The summed E-state index contributed by atoms with van der Waals surface area (Å²) in [7, 11) is -3.84. The molecule has 11 heteroatoms. The van der Waals surface area contributed by atoms with Gasteiger partial charge in [-0.3, -0.25) is 24.3 Å². The average Bonchev–Trinajstić information content (AvgIpc) is 2.48. The number of rotatable bonds is 5. The lowest BCUT2D eigenvalue weighted by atomic mass is 10.3. The number of aromatic nitrogens is 1. The van der Waals surface area contributed by atoms with Gasteiger partial charge in [0, 0.05) is 17.8 Å². The lowest BCUT2D eigenvalue weighted by molar-refractivity contribution is -0.385. The van der Waals surface area contributed by atoms with Gasteiger partial charge in [0.2, 0.25) is 15.9 Å². The van der Waals surface area contributed by atoms with Crippen LogP contribution in [0.1, 0.15) is 0 Å². The Morgan fingerprint density at radius 2 is 1.83 bits per heavy atom. The molecule has 0 unspecified atom stereocenters. The molecule has 0 radical (unpaired) electrons. The van der Waals surface area contributed by atoms with Crippen molar-refractivity contribution in [2.75, 3.05) is 5.32 Å². The molecule has 126 valence electrons. The molecule has 1 aromatic carbocycles. The Labute approximate surface area is 135 Å². The van der Waals surface area contributed by atoms with Gasteiger partial charge in [0.15, 0.2) is 0 Å². The predicted octanol–water partition coefficient (Wildman–Crippen LogP) is 0.0426. The summed E-state index contributed by atoms with van der Waals surface area (Å²) in [4.78, 5) is 33.4. The lowest BCUT2D eigenvalue weighted by Gasteiger charge is -2.07. The van der Waals surface area contributed by atoms with E-state index < -0.39 is 33.0 Å². The summed E-state index contributed by atoms with van der Waals surface area (Å²) in [5, 5.41) is 18.1. The zero-order valence-electron chi connectivity index (χ0n) is 12.1. The third-order valence-electron chi connectivity index (χ3n) is 2.96. The Balaban J connectivity index is 2.13. The molecule has 0 saturated heterocycles. The van der Waals surface area contributed by atoms with E-state index >= 15 is 0 Å². The molecule has 1 amide bonds. The molecule has 24 heavy (non-hydrogen) atoms. The molecule has 1 heterocycles. The first kappa shape index (κ1) is 17.3. The molecular formula is C13H12N4O6S. The Morgan fingerprint density at radius 1 is 1.21 bits per heavy atom. The van der Waals surface area contributed by atoms with Crippen molar-refractivity contribution in [2.45, 2.75) is 11.4 Å². The van der Waals surface area contributed by atoms with Crippen molar-refractivity contribution in [3.63, 3.8) is 0 Å².